The van der Waals surface area contributed by atoms with E-state index in [1.54, 1.807) is 0 Å². The number of unbranched alkanes of at least 4 members (excludes halogenated alkanes) is 1. The monoisotopic (exact) mass is 207 g/mol. The molecule has 0 fully saturated rings. The Morgan fingerprint density at radius 1 is 1.40 bits per heavy atom. The third-order valence-electron chi connectivity index (χ3n) is 2.28. The highest BCUT2D eigenvalue weighted by atomic mass is 16.5. The van der Waals surface area contributed by atoms with E-state index < -0.39 is 0 Å². The van der Waals surface area contributed by atoms with Gasteiger partial charge in [-0.1, -0.05) is 12.1 Å². The molecule has 15 heavy (non-hydrogen) atoms. The summed E-state index contributed by atoms with van der Waals surface area (Å²) in [6.45, 7) is 0. The molecule has 0 radical (unpaired) electrons. The lowest BCUT2D eigenvalue weighted by Gasteiger charge is -2.02. The van der Waals surface area contributed by atoms with Gasteiger partial charge in [0.05, 0.1) is 7.11 Å². The zero-order valence-corrected chi connectivity index (χ0v) is 9.03. The molecule has 0 saturated carbocycles. The number of aryl methyl sites for hydroxylation is 1. The minimum Gasteiger partial charge on any atom is -0.469 e. The fourth-order valence-corrected chi connectivity index (χ4v) is 1.45. The van der Waals surface area contributed by atoms with Crippen molar-refractivity contribution in [1.29, 1.82) is 0 Å². The number of carbonyl (C=O) groups excluding carboxylic acids is 1. The van der Waals surface area contributed by atoms with E-state index in [2.05, 4.69) is 10.8 Å². The predicted octanol–water partition coefficient (Wildman–Crippen LogP) is 2.15. The maximum atomic E-state index is 10.8. The molecule has 0 bridgehead atoms. The van der Waals surface area contributed by atoms with Crippen LogP contribution in [0.15, 0.2) is 24.3 Å². The Kier molecular flexibility index (Phi) is 4.68. The number of hydrogen-bond acceptors (Lipinski definition) is 3. The van der Waals surface area contributed by atoms with Crippen molar-refractivity contribution in [1.82, 2.24) is 0 Å². The van der Waals surface area contributed by atoms with E-state index in [-0.39, 0.29) is 5.97 Å². The molecule has 1 aromatic carbocycles. The smallest absolute Gasteiger partial charge is 0.305 e. The van der Waals surface area contributed by atoms with Crippen LogP contribution in [0.2, 0.25) is 0 Å². The quantitative estimate of drug-likeness (QED) is 0.457. The highest BCUT2D eigenvalue weighted by Crippen LogP contribution is 2.10. The van der Waals surface area contributed by atoms with Crippen molar-refractivity contribution in [2.24, 2.45) is 0 Å². The van der Waals surface area contributed by atoms with Gasteiger partial charge >= 0.3 is 5.97 Å². The molecule has 0 atom stereocenters. The molecule has 0 spiro atoms. The fourth-order valence-electron chi connectivity index (χ4n) is 1.45. The number of nitrogen functional groups attached to an aromatic ring is 1. The van der Waals surface area contributed by atoms with Gasteiger partial charge in [-0.15, -0.1) is 0 Å². The summed E-state index contributed by atoms with van der Waals surface area (Å²) >= 11 is 0. The van der Waals surface area contributed by atoms with Crippen LogP contribution in [0.25, 0.3) is 0 Å². The van der Waals surface area contributed by atoms with E-state index in [0.717, 1.165) is 24.9 Å². The van der Waals surface area contributed by atoms with Crippen molar-refractivity contribution >= 4 is 11.7 Å². The third-order valence-corrected chi connectivity index (χ3v) is 2.28. The van der Waals surface area contributed by atoms with Crippen LogP contribution in [0.4, 0.5) is 5.69 Å². The number of esters is 1. The molecule has 0 aliphatic rings. The normalized spacial score (nSPS) is 9.93. The maximum Gasteiger partial charge on any atom is 0.305 e. The fraction of sp³-hybridized carbons (Fsp3) is 0.417. The van der Waals surface area contributed by atoms with Crippen molar-refractivity contribution < 1.29 is 9.53 Å². The molecule has 0 aliphatic carbocycles. The average molecular weight is 207 g/mol. The molecule has 1 rings (SSSR count). The summed E-state index contributed by atoms with van der Waals surface area (Å²) in [6, 6.07) is 7.84. The van der Waals surface area contributed by atoms with Crippen LogP contribution in [-0.2, 0) is 16.0 Å². The van der Waals surface area contributed by atoms with Gasteiger partial charge in [0.2, 0.25) is 0 Å². The number of hydrogen-bond donors (Lipinski definition) is 1. The first-order chi connectivity index (χ1) is 7.22. The standard InChI is InChI=1S/C12H17NO2/c1-15-12(14)8-3-2-5-10-6-4-7-11(13)9-10/h4,6-7,9H,2-3,5,8,13H2,1H3. The lowest BCUT2D eigenvalue weighted by molar-refractivity contribution is -0.140. The average Bonchev–Trinajstić information content (AvgIpc) is 2.24. The predicted molar refractivity (Wildman–Crippen MR) is 60.4 cm³/mol. The number of benzene rings is 1. The van der Waals surface area contributed by atoms with Gasteiger partial charge in [-0.2, -0.15) is 0 Å². The molecule has 0 amide bonds. The molecule has 0 aliphatic heterocycles. The van der Waals surface area contributed by atoms with Crippen LogP contribution in [0.3, 0.4) is 0 Å². The Morgan fingerprint density at radius 2 is 2.20 bits per heavy atom. The Balaban J connectivity index is 2.23. The van der Waals surface area contributed by atoms with E-state index >= 15 is 0 Å². The molecule has 0 heterocycles. The maximum absolute atomic E-state index is 10.8. The number of anilines is 1. The molecule has 0 unspecified atom stereocenters. The highest BCUT2D eigenvalue weighted by Gasteiger charge is 1.99. The van der Waals surface area contributed by atoms with Gasteiger partial charge in [-0.25, -0.2) is 0 Å². The summed E-state index contributed by atoms with van der Waals surface area (Å²) in [6.07, 6.45) is 3.31. The summed E-state index contributed by atoms with van der Waals surface area (Å²) in [5.74, 6) is -0.137. The van der Waals surface area contributed by atoms with Gasteiger partial charge in [0.25, 0.3) is 0 Å². The van der Waals surface area contributed by atoms with Crippen molar-refractivity contribution in [3.8, 4) is 0 Å². The summed E-state index contributed by atoms with van der Waals surface area (Å²) < 4.78 is 4.56. The molecule has 3 heteroatoms. The molecule has 82 valence electrons. The van der Waals surface area contributed by atoms with Crippen LogP contribution >= 0.6 is 0 Å². The van der Waals surface area contributed by atoms with Crippen molar-refractivity contribution in [3.05, 3.63) is 29.8 Å². The van der Waals surface area contributed by atoms with Crippen molar-refractivity contribution in [2.75, 3.05) is 12.8 Å². The van der Waals surface area contributed by atoms with Crippen molar-refractivity contribution in [2.45, 2.75) is 25.7 Å². The molecule has 0 saturated heterocycles. The van der Waals surface area contributed by atoms with E-state index in [0.29, 0.717) is 6.42 Å². The lowest BCUT2D eigenvalue weighted by Crippen LogP contribution is -1.99. The summed E-state index contributed by atoms with van der Waals surface area (Å²) in [5.41, 5.74) is 7.67. The molecular formula is C12H17NO2. The Labute approximate surface area is 90.2 Å². The van der Waals surface area contributed by atoms with Crippen LogP contribution in [0, 0.1) is 0 Å². The summed E-state index contributed by atoms with van der Waals surface area (Å²) in [4.78, 5) is 10.8. The van der Waals surface area contributed by atoms with E-state index in [4.69, 9.17) is 5.73 Å². The second-order valence-electron chi connectivity index (χ2n) is 3.53. The topological polar surface area (TPSA) is 52.3 Å². The Bertz CT molecular complexity index is 323. The molecule has 1 aromatic rings. The van der Waals surface area contributed by atoms with E-state index in [1.165, 1.54) is 12.7 Å². The Morgan fingerprint density at radius 3 is 2.87 bits per heavy atom. The summed E-state index contributed by atoms with van der Waals surface area (Å²) in [5, 5.41) is 0. The number of methoxy groups -OCH3 is 1. The van der Waals surface area contributed by atoms with Gasteiger partial charge in [0, 0.05) is 12.1 Å². The molecule has 2 N–H and O–H groups in total. The second-order valence-corrected chi connectivity index (χ2v) is 3.53. The largest absolute Gasteiger partial charge is 0.469 e. The zero-order chi connectivity index (χ0) is 11.1. The first-order valence-electron chi connectivity index (χ1n) is 5.13. The van der Waals surface area contributed by atoms with Gasteiger partial charge in [-0.05, 0) is 37.0 Å². The van der Waals surface area contributed by atoms with E-state index in [9.17, 15) is 4.79 Å². The lowest BCUT2D eigenvalue weighted by atomic mass is 10.1. The van der Waals surface area contributed by atoms with Crippen molar-refractivity contribution in [3.63, 3.8) is 0 Å². The minimum atomic E-state index is -0.137. The van der Waals surface area contributed by atoms with Gasteiger partial charge in [0.1, 0.15) is 0 Å². The highest BCUT2D eigenvalue weighted by molar-refractivity contribution is 5.68. The molecule has 0 aromatic heterocycles. The second kappa shape index (κ2) is 6.06. The van der Waals surface area contributed by atoms with Gasteiger partial charge < -0.3 is 10.5 Å². The number of nitrogens with two attached hydrogens (primary N) is 1. The number of ether oxygens (including phenoxy) is 1. The van der Waals surface area contributed by atoms with Gasteiger partial charge in [0.15, 0.2) is 0 Å². The van der Waals surface area contributed by atoms with Crippen LogP contribution < -0.4 is 5.73 Å². The number of carbonyl (C=O) groups is 1. The first kappa shape index (κ1) is 11.6. The minimum absolute atomic E-state index is 0.137. The van der Waals surface area contributed by atoms with Crippen LogP contribution in [0.5, 0.6) is 0 Å². The van der Waals surface area contributed by atoms with Gasteiger partial charge in [-0.3, -0.25) is 4.79 Å². The molecular weight excluding hydrogens is 190 g/mol. The van der Waals surface area contributed by atoms with Crippen LogP contribution in [0.1, 0.15) is 24.8 Å². The summed E-state index contributed by atoms with van der Waals surface area (Å²) in [7, 11) is 1.42. The Hall–Kier alpha value is -1.51. The third kappa shape index (κ3) is 4.49. The first-order valence-corrected chi connectivity index (χ1v) is 5.13. The number of rotatable bonds is 5. The van der Waals surface area contributed by atoms with Crippen LogP contribution in [-0.4, -0.2) is 13.1 Å². The SMILES string of the molecule is COC(=O)CCCCc1cccc(N)c1. The molecule has 3 nitrogen and oxygen atoms in total. The van der Waals surface area contributed by atoms with E-state index in [1.807, 2.05) is 18.2 Å². The zero-order valence-electron chi connectivity index (χ0n) is 9.03.